The lowest BCUT2D eigenvalue weighted by Crippen LogP contribution is -2.40. The summed E-state index contributed by atoms with van der Waals surface area (Å²) in [6.07, 6.45) is 7.44. The average Bonchev–Trinajstić information content (AvgIpc) is 3.36. The second kappa shape index (κ2) is 14.3. The molecule has 1 aromatic heterocycles. The van der Waals surface area contributed by atoms with Crippen molar-refractivity contribution in [3.63, 3.8) is 0 Å². The molecule has 2 fully saturated rings. The van der Waals surface area contributed by atoms with Crippen LogP contribution in [0.15, 0.2) is 72.8 Å². The van der Waals surface area contributed by atoms with Crippen molar-refractivity contribution in [1.82, 2.24) is 19.8 Å². The molecule has 7 heteroatoms. The number of para-hydroxylation sites is 2. The van der Waals surface area contributed by atoms with Gasteiger partial charge >= 0.3 is 0 Å². The molecular weight excluding hydrogens is 501 g/mol. The van der Waals surface area contributed by atoms with Crippen LogP contribution >= 0.6 is 0 Å². The highest BCUT2D eigenvalue weighted by molar-refractivity contribution is 5.78. The number of fused-ring (bicyclic) bond motifs is 1. The molecule has 0 amide bonds. The Kier molecular flexibility index (Phi) is 10.0. The lowest BCUT2D eigenvalue weighted by Gasteiger charge is -2.32. The molecule has 2 aliphatic rings. The molecule has 2 N–H and O–H groups in total. The van der Waals surface area contributed by atoms with E-state index in [1.807, 2.05) is 42.5 Å². The molecular formula is C33H42FN5O. The summed E-state index contributed by atoms with van der Waals surface area (Å²) in [5.41, 5.74) is 4.46. The molecule has 0 spiro atoms. The minimum atomic E-state index is -0.212. The summed E-state index contributed by atoms with van der Waals surface area (Å²) >= 11 is 0. The number of hydrogen-bond acceptors (Lipinski definition) is 5. The Morgan fingerprint density at radius 3 is 2.25 bits per heavy atom. The van der Waals surface area contributed by atoms with Crippen molar-refractivity contribution in [2.45, 2.75) is 51.1 Å². The zero-order valence-electron chi connectivity index (χ0n) is 23.6. The molecule has 0 unspecified atom stereocenters. The number of benzene rings is 3. The summed E-state index contributed by atoms with van der Waals surface area (Å²) in [7, 11) is 1.70. The van der Waals surface area contributed by atoms with Crippen molar-refractivity contribution in [1.29, 1.82) is 0 Å². The minimum absolute atomic E-state index is 0.212. The fourth-order valence-corrected chi connectivity index (χ4v) is 5.48. The summed E-state index contributed by atoms with van der Waals surface area (Å²) in [4.78, 5) is 7.43. The van der Waals surface area contributed by atoms with E-state index in [9.17, 15) is 4.39 Å². The number of nitrogens with one attached hydrogen (secondary N) is 2. The SMILES string of the molecule is C1CCNCC1.COc1ccc(CCN2CCC(Nc3nc4ccccc4n3Cc3ccc(F)cc3)CC2)cc1. The zero-order chi connectivity index (χ0) is 27.6. The summed E-state index contributed by atoms with van der Waals surface area (Å²) in [5, 5.41) is 7.00. The predicted molar refractivity (Wildman–Crippen MR) is 162 cm³/mol. The van der Waals surface area contributed by atoms with Crippen LogP contribution in [0.25, 0.3) is 11.0 Å². The standard InChI is InChI=1S/C28H31FN4O.C5H11N/c1-34-25-12-8-21(9-13-25)14-17-32-18-15-24(16-19-32)30-28-31-26-4-2-3-5-27(26)33(28)20-22-6-10-23(29)11-7-22;1-2-4-6-5-3-1/h2-13,24H,14-20H2,1H3,(H,30,31);6H,1-5H2. The van der Waals surface area contributed by atoms with Crippen molar-refractivity contribution in [3.8, 4) is 5.75 Å². The lowest BCUT2D eigenvalue weighted by atomic mass is 10.0. The van der Waals surface area contributed by atoms with Crippen LogP contribution in [0.2, 0.25) is 0 Å². The van der Waals surface area contributed by atoms with E-state index in [2.05, 4.69) is 38.3 Å². The van der Waals surface area contributed by atoms with Crippen LogP contribution in [0.1, 0.15) is 43.2 Å². The molecule has 0 saturated carbocycles. The van der Waals surface area contributed by atoms with Crippen molar-refractivity contribution in [3.05, 3.63) is 89.7 Å². The number of likely N-dealkylation sites (tertiary alicyclic amines) is 1. The van der Waals surface area contributed by atoms with Gasteiger partial charge in [-0.25, -0.2) is 9.37 Å². The van der Waals surface area contributed by atoms with E-state index in [0.29, 0.717) is 12.6 Å². The predicted octanol–water partition coefficient (Wildman–Crippen LogP) is 6.11. The number of imidazole rings is 1. The summed E-state index contributed by atoms with van der Waals surface area (Å²) in [6, 6.07) is 23.7. The highest BCUT2D eigenvalue weighted by atomic mass is 19.1. The monoisotopic (exact) mass is 543 g/mol. The third kappa shape index (κ3) is 7.83. The molecule has 3 aromatic carbocycles. The number of piperidine rings is 2. The topological polar surface area (TPSA) is 54.4 Å². The Bertz CT molecular complexity index is 1300. The van der Waals surface area contributed by atoms with Crippen molar-refractivity contribution >= 4 is 17.0 Å². The van der Waals surface area contributed by atoms with Crippen molar-refractivity contribution in [2.75, 3.05) is 45.2 Å². The number of methoxy groups -OCH3 is 1. The van der Waals surface area contributed by atoms with Crippen LogP contribution in [0.4, 0.5) is 10.3 Å². The molecule has 3 heterocycles. The quantitative estimate of drug-likeness (QED) is 0.281. The second-order valence-corrected chi connectivity index (χ2v) is 10.8. The maximum atomic E-state index is 13.4. The highest BCUT2D eigenvalue weighted by Crippen LogP contribution is 2.24. The molecule has 0 aliphatic carbocycles. The Morgan fingerprint density at radius 2 is 1.60 bits per heavy atom. The van der Waals surface area contributed by atoms with Gasteiger partial charge in [-0.05, 0) is 92.7 Å². The smallest absolute Gasteiger partial charge is 0.204 e. The normalized spacial score (nSPS) is 16.4. The molecule has 40 heavy (non-hydrogen) atoms. The van der Waals surface area contributed by atoms with Gasteiger partial charge in [-0.15, -0.1) is 0 Å². The van der Waals surface area contributed by atoms with Crippen LogP contribution in [0.3, 0.4) is 0 Å². The molecule has 6 nitrogen and oxygen atoms in total. The van der Waals surface area contributed by atoms with Crippen LogP contribution in [0.5, 0.6) is 5.75 Å². The van der Waals surface area contributed by atoms with E-state index in [4.69, 9.17) is 9.72 Å². The van der Waals surface area contributed by atoms with E-state index < -0.39 is 0 Å². The first-order valence-corrected chi connectivity index (χ1v) is 14.7. The van der Waals surface area contributed by atoms with E-state index in [1.54, 1.807) is 7.11 Å². The summed E-state index contributed by atoms with van der Waals surface area (Å²) in [5.74, 6) is 1.58. The molecule has 0 bridgehead atoms. The van der Waals surface area contributed by atoms with E-state index in [0.717, 1.165) is 67.2 Å². The first-order valence-electron chi connectivity index (χ1n) is 14.7. The second-order valence-electron chi connectivity index (χ2n) is 10.8. The lowest BCUT2D eigenvalue weighted by molar-refractivity contribution is 0.221. The van der Waals surface area contributed by atoms with E-state index >= 15 is 0 Å². The van der Waals surface area contributed by atoms with Gasteiger partial charge in [0.2, 0.25) is 5.95 Å². The molecule has 6 rings (SSSR count). The highest BCUT2D eigenvalue weighted by Gasteiger charge is 2.21. The van der Waals surface area contributed by atoms with Gasteiger partial charge in [0.05, 0.1) is 24.7 Å². The third-order valence-corrected chi connectivity index (χ3v) is 7.91. The minimum Gasteiger partial charge on any atom is -0.497 e. The van der Waals surface area contributed by atoms with Gasteiger partial charge in [0.15, 0.2) is 0 Å². The van der Waals surface area contributed by atoms with Gasteiger partial charge in [0.1, 0.15) is 11.6 Å². The molecule has 212 valence electrons. The van der Waals surface area contributed by atoms with E-state index in [1.165, 1.54) is 50.0 Å². The zero-order valence-corrected chi connectivity index (χ0v) is 23.6. The number of rotatable bonds is 8. The van der Waals surface area contributed by atoms with Gasteiger partial charge in [-0.1, -0.05) is 42.8 Å². The van der Waals surface area contributed by atoms with Gasteiger partial charge in [0.25, 0.3) is 0 Å². The Labute approximate surface area is 237 Å². The van der Waals surface area contributed by atoms with Crippen LogP contribution < -0.4 is 15.4 Å². The van der Waals surface area contributed by atoms with Gasteiger partial charge in [0, 0.05) is 25.7 Å². The van der Waals surface area contributed by atoms with Gasteiger partial charge in [-0.3, -0.25) is 0 Å². The first kappa shape index (κ1) is 28.1. The van der Waals surface area contributed by atoms with Gasteiger partial charge < -0.3 is 24.8 Å². The Morgan fingerprint density at radius 1 is 0.900 bits per heavy atom. The van der Waals surface area contributed by atoms with Gasteiger partial charge in [-0.2, -0.15) is 0 Å². The number of hydrogen-bond donors (Lipinski definition) is 2. The van der Waals surface area contributed by atoms with Crippen molar-refractivity contribution in [2.24, 2.45) is 0 Å². The van der Waals surface area contributed by atoms with Crippen LogP contribution in [-0.2, 0) is 13.0 Å². The molecule has 0 atom stereocenters. The largest absolute Gasteiger partial charge is 0.497 e. The molecule has 2 saturated heterocycles. The van der Waals surface area contributed by atoms with Crippen LogP contribution in [0, 0.1) is 5.82 Å². The third-order valence-electron chi connectivity index (χ3n) is 7.91. The molecule has 4 aromatic rings. The van der Waals surface area contributed by atoms with Crippen molar-refractivity contribution < 1.29 is 9.13 Å². The van der Waals surface area contributed by atoms with Crippen LogP contribution in [-0.4, -0.2) is 60.3 Å². The summed E-state index contributed by atoms with van der Waals surface area (Å²) < 4.78 is 20.8. The maximum absolute atomic E-state index is 13.4. The number of nitrogens with zero attached hydrogens (tertiary/aromatic N) is 3. The number of anilines is 1. The average molecular weight is 544 g/mol. The fourth-order valence-electron chi connectivity index (χ4n) is 5.48. The maximum Gasteiger partial charge on any atom is 0.204 e. The molecule has 0 radical (unpaired) electrons. The molecule has 2 aliphatic heterocycles. The summed E-state index contributed by atoms with van der Waals surface area (Å²) in [6.45, 7) is 6.38. The fraction of sp³-hybridized carbons (Fsp3) is 0.424. The Balaban J connectivity index is 0.000000477. The Hall–Kier alpha value is -3.42. The number of aromatic nitrogens is 2. The number of ether oxygens (including phenoxy) is 1. The number of halogens is 1. The van der Waals surface area contributed by atoms with E-state index in [-0.39, 0.29) is 5.82 Å². The first-order chi connectivity index (χ1) is 19.7.